The fraction of sp³-hybridized carbons (Fsp3) is 0.571. The number of aromatic nitrogens is 4. The summed E-state index contributed by atoms with van der Waals surface area (Å²) in [4.78, 5) is 17.3. The zero-order valence-electron chi connectivity index (χ0n) is 13.7. The van der Waals surface area contributed by atoms with Gasteiger partial charge in [-0.15, -0.1) is 10.2 Å². The number of hydrogen-bond donors (Lipinski definition) is 1. The van der Waals surface area contributed by atoms with Gasteiger partial charge in [-0.2, -0.15) is 13.2 Å². The maximum atomic E-state index is 12.7. The largest absolute Gasteiger partial charge is 0.434 e. The Hall–Kier alpha value is -2.17. The number of fused-ring (bicyclic) bond motifs is 1. The van der Waals surface area contributed by atoms with E-state index in [0.717, 1.165) is 11.2 Å². The summed E-state index contributed by atoms with van der Waals surface area (Å²) in [5.74, 6) is 0.509. The van der Waals surface area contributed by atoms with E-state index in [1.807, 2.05) is 0 Å². The molecular weight excluding hydrogens is 357 g/mol. The number of anilines is 1. The Kier molecular flexibility index (Phi) is 4.67. The van der Waals surface area contributed by atoms with Crippen molar-refractivity contribution in [3.05, 3.63) is 22.7 Å². The van der Waals surface area contributed by atoms with E-state index in [-0.39, 0.29) is 11.9 Å². The Morgan fingerprint density at radius 3 is 2.88 bits per heavy atom. The van der Waals surface area contributed by atoms with Crippen LogP contribution in [0.4, 0.5) is 23.1 Å². The van der Waals surface area contributed by atoms with Gasteiger partial charge in [0.2, 0.25) is 5.13 Å². The number of hydrogen-bond acceptors (Lipinski definition) is 5. The summed E-state index contributed by atoms with van der Waals surface area (Å²) in [7, 11) is 1.65. The molecule has 1 N–H and O–H groups in total. The molecule has 0 aromatic carbocycles. The predicted molar refractivity (Wildman–Crippen MR) is 85.3 cm³/mol. The SMILES string of the molecule is Cc1nnc(NC(=O)N(C)CC2CCc3nc(C(F)(F)F)cn3C2)s1. The number of nitrogens with one attached hydrogen (secondary N) is 1. The summed E-state index contributed by atoms with van der Waals surface area (Å²) >= 11 is 1.28. The number of urea groups is 1. The average Bonchev–Trinajstić information content (AvgIpc) is 3.12. The van der Waals surface area contributed by atoms with Crippen molar-refractivity contribution in [3.63, 3.8) is 0 Å². The highest BCUT2D eigenvalue weighted by Gasteiger charge is 2.36. The van der Waals surface area contributed by atoms with Gasteiger partial charge in [0.1, 0.15) is 10.8 Å². The van der Waals surface area contributed by atoms with Gasteiger partial charge in [0.15, 0.2) is 5.69 Å². The van der Waals surface area contributed by atoms with E-state index >= 15 is 0 Å². The van der Waals surface area contributed by atoms with E-state index in [4.69, 9.17) is 0 Å². The summed E-state index contributed by atoms with van der Waals surface area (Å²) < 4.78 is 39.8. The van der Waals surface area contributed by atoms with Crippen molar-refractivity contribution in [2.24, 2.45) is 5.92 Å². The fourth-order valence-electron chi connectivity index (χ4n) is 2.80. The Morgan fingerprint density at radius 1 is 1.48 bits per heavy atom. The normalized spacial score (nSPS) is 17.2. The first-order valence-corrected chi connectivity index (χ1v) is 8.49. The van der Waals surface area contributed by atoms with Crippen LogP contribution in [0, 0.1) is 12.8 Å². The Morgan fingerprint density at radius 2 is 2.24 bits per heavy atom. The summed E-state index contributed by atoms with van der Waals surface area (Å²) in [5.41, 5.74) is -0.860. The summed E-state index contributed by atoms with van der Waals surface area (Å²) in [6, 6.07) is -0.316. The first-order valence-electron chi connectivity index (χ1n) is 7.68. The van der Waals surface area contributed by atoms with Crippen LogP contribution in [0.5, 0.6) is 0 Å². The van der Waals surface area contributed by atoms with Crippen molar-refractivity contribution >= 4 is 22.5 Å². The van der Waals surface area contributed by atoms with Crippen molar-refractivity contribution in [2.45, 2.75) is 32.5 Å². The van der Waals surface area contributed by atoms with Crippen molar-refractivity contribution in [1.29, 1.82) is 0 Å². The molecule has 3 rings (SSSR count). The number of rotatable bonds is 3. The molecule has 11 heteroatoms. The topological polar surface area (TPSA) is 75.9 Å². The maximum Gasteiger partial charge on any atom is 0.434 e. The first-order chi connectivity index (χ1) is 11.7. The van der Waals surface area contributed by atoms with Crippen LogP contribution in [-0.2, 0) is 19.1 Å². The molecule has 0 saturated heterocycles. The lowest BCUT2D eigenvalue weighted by Gasteiger charge is -2.28. The number of imidazole rings is 1. The second-order valence-electron chi connectivity index (χ2n) is 6.03. The standard InChI is InChI=1S/C14H17F3N6OS/c1-8-20-21-12(25-8)19-13(24)22(2)5-9-3-4-11-18-10(14(15,16)17)7-23(11)6-9/h7,9H,3-6H2,1-2H3,(H,19,21,24). The summed E-state index contributed by atoms with van der Waals surface area (Å²) in [6.07, 6.45) is -2.24. The molecule has 1 aliphatic rings. The quantitative estimate of drug-likeness (QED) is 0.896. The molecule has 0 saturated carbocycles. The molecule has 2 aromatic heterocycles. The van der Waals surface area contributed by atoms with Crippen molar-refractivity contribution in [2.75, 3.05) is 18.9 Å². The van der Waals surface area contributed by atoms with E-state index in [2.05, 4.69) is 20.5 Å². The minimum Gasteiger partial charge on any atom is -0.334 e. The highest BCUT2D eigenvalue weighted by molar-refractivity contribution is 7.15. The molecule has 3 heterocycles. The minimum atomic E-state index is -4.43. The van der Waals surface area contributed by atoms with Crippen LogP contribution in [0.1, 0.15) is 22.9 Å². The van der Waals surface area contributed by atoms with Crippen molar-refractivity contribution in [1.82, 2.24) is 24.6 Å². The zero-order valence-corrected chi connectivity index (χ0v) is 14.5. The fourth-order valence-corrected chi connectivity index (χ4v) is 3.39. The molecule has 0 fully saturated rings. The van der Waals surface area contributed by atoms with Crippen LogP contribution in [0.25, 0.3) is 0 Å². The van der Waals surface area contributed by atoms with E-state index < -0.39 is 11.9 Å². The van der Waals surface area contributed by atoms with Crippen LogP contribution in [0.2, 0.25) is 0 Å². The van der Waals surface area contributed by atoms with Crippen molar-refractivity contribution < 1.29 is 18.0 Å². The highest BCUT2D eigenvalue weighted by Crippen LogP contribution is 2.30. The molecule has 136 valence electrons. The minimum absolute atomic E-state index is 0.0645. The molecule has 1 unspecified atom stereocenters. The molecule has 1 atom stereocenters. The Bertz CT molecular complexity index is 771. The molecule has 2 aromatic rings. The molecule has 7 nitrogen and oxygen atoms in total. The van der Waals surface area contributed by atoms with Crippen LogP contribution in [-0.4, -0.2) is 44.3 Å². The molecule has 0 spiro atoms. The average molecular weight is 374 g/mol. The number of carbonyl (C=O) groups excluding carboxylic acids is 1. The second kappa shape index (κ2) is 6.62. The number of aryl methyl sites for hydroxylation is 2. The first kappa shape index (κ1) is 17.6. The Labute approximate surface area is 145 Å². The van der Waals surface area contributed by atoms with Gasteiger partial charge in [0.05, 0.1) is 0 Å². The maximum absolute atomic E-state index is 12.7. The molecule has 0 bridgehead atoms. The number of alkyl halides is 3. The number of amides is 2. The molecule has 1 aliphatic heterocycles. The lowest BCUT2D eigenvalue weighted by molar-refractivity contribution is -0.141. The monoisotopic (exact) mass is 374 g/mol. The van der Waals surface area contributed by atoms with Crippen LogP contribution in [0.3, 0.4) is 0 Å². The molecule has 2 amide bonds. The Balaban J connectivity index is 1.58. The van der Waals surface area contributed by atoms with Gasteiger partial charge in [-0.05, 0) is 19.3 Å². The third-order valence-electron chi connectivity index (χ3n) is 4.00. The van der Waals surface area contributed by atoms with Crippen LogP contribution < -0.4 is 5.32 Å². The van der Waals surface area contributed by atoms with Crippen LogP contribution >= 0.6 is 11.3 Å². The van der Waals surface area contributed by atoms with Crippen LogP contribution in [0.15, 0.2) is 6.20 Å². The van der Waals surface area contributed by atoms with Crippen molar-refractivity contribution in [3.8, 4) is 0 Å². The smallest absolute Gasteiger partial charge is 0.334 e. The lowest BCUT2D eigenvalue weighted by Crippen LogP contribution is -2.37. The molecule has 0 aliphatic carbocycles. The highest BCUT2D eigenvalue weighted by atomic mass is 32.1. The number of carbonyl (C=O) groups is 1. The molecule has 25 heavy (non-hydrogen) atoms. The van der Waals surface area contributed by atoms with E-state index in [0.29, 0.717) is 36.9 Å². The third-order valence-corrected chi connectivity index (χ3v) is 4.75. The lowest BCUT2D eigenvalue weighted by atomic mass is 9.99. The zero-order chi connectivity index (χ0) is 18.2. The number of nitrogens with zero attached hydrogens (tertiary/aromatic N) is 5. The van der Waals surface area contributed by atoms with E-state index in [9.17, 15) is 18.0 Å². The molecule has 0 radical (unpaired) electrons. The van der Waals surface area contributed by atoms with Gasteiger partial charge < -0.3 is 9.47 Å². The van der Waals surface area contributed by atoms with Gasteiger partial charge in [0, 0.05) is 32.8 Å². The van der Waals surface area contributed by atoms with Gasteiger partial charge in [-0.3, -0.25) is 5.32 Å². The van der Waals surface area contributed by atoms with E-state index in [1.54, 1.807) is 14.0 Å². The molecular formula is C14H17F3N6OS. The van der Waals surface area contributed by atoms with Gasteiger partial charge >= 0.3 is 12.2 Å². The predicted octanol–water partition coefficient (Wildman–Crippen LogP) is 2.79. The third kappa shape index (κ3) is 4.09. The van der Waals surface area contributed by atoms with E-state index in [1.165, 1.54) is 20.8 Å². The number of halogens is 3. The van der Waals surface area contributed by atoms with Gasteiger partial charge in [-0.25, -0.2) is 9.78 Å². The summed E-state index contributed by atoms with van der Waals surface area (Å²) in [6.45, 7) is 2.63. The summed E-state index contributed by atoms with van der Waals surface area (Å²) in [5, 5.41) is 11.5. The van der Waals surface area contributed by atoms with Gasteiger partial charge in [0.25, 0.3) is 0 Å². The second-order valence-corrected chi connectivity index (χ2v) is 7.22. The van der Waals surface area contributed by atoms with Gasteiger partial charge in [-0.1, -0.05) is 11.3 Å².